The van der Waals surface area contributed by atoms with Crippen molar-refractivity contribution in [2.45, 2.75) is 13.5 Å². The smallest absolute Gasteiger partial charge is 0.193 e. The van der Waals surface area contributed by atoms with Gasteiger partial charge in [-0.2, -0.15) is 5.10 Å². The van der Waals surface area contributed by atoms with Gasteiger partial charge in [0.1, 0.15) is 12.4 Å². The van der Waals surface area contributed by atoms with Crippen LogP contribution in [0.15, 0.2) is 41.7 Å². The van der Waals surface area contributed by atoms with E-state index in [-0.39, 0.29) is 0 Å². The number of hydrogen-bond acceptors (Lipinski definition) is 3. The molecular weight excluding hydrogens is 326 g/mol. The summed E-state index contributed by atoms with van der Waals surface area (Å²) in [6, 6.07) is 7.40. The summed E-state index contributed by atoms with van der Waals surface area (Å²) >= 11 is 5.94. The number of guanidine groups is 1. The minimum absolute atomic E-state index is 0.551. The summed E-state index contributed by atoms with van der Waals surface area (Å²) in [5.74, 6) is 1.60. The van der Waals surface area contributed by atoms with E-state index in [4.69, 9.17) is 16.3 Å². The molecule has 0 amide bonds. The van der Waals surface area contributed by atoms with Crippen LogP contribution < -0.4 is 10.1 Å². The lowest BCUT2D eigenvalue weighted by Gasteiger charge is -2.22. The van der Waals surface area contributed by atoms with Crippen LogP contribution in [0.1, 0.15) is 5.56 Å². The lowest BCUT2D eigenvalue weighted by molar-refractivity contribution is 0.281. The van der Waals surface area contributed by atoms with Gasteiger partial charge in [0.25, 0.3) is 0 Å². The minimum Gasteiger partial charge on any atom is -0.492 e. The zero-order valence-corrected chi connectivity index (χ0v) is 15.1. The van der Waals surface area contributed by atoms with Gasteiger partial charge in [-0.25, -0.2) is 0 Å². The molecule has 1 heterocycles. The topological polar surface area (TPSA) is 54.7 Å². The predicted octanol–water partition coefficient (Wildman–Crippen LogP) is 2.43. The lowest BCUT2D eigenvalue weighted by atomic mass is 10.3. The van der Waals surface area contributed by atoms with Gasteiger partial charge in [0.05, 0.1) is 19.3 Å². The molecule has 0 aliphatic carbocycles. The van der Waals surface area contributed by atoms with Crippen molar-refractivity contribution in [1.82, 2.24) is 20.0 Å². The molecule has 0 aliphatic rings. The van der Waals surface area contributed by atoms with Crippen molar-refractivity contribution < 1.29 is 4.74 Å². The number of benzene rings is 1. The predicted molar refractivity (Wildman–Crippen MR) is 97.9 cm³/mol. The standard InChI is InChI=1S/C17H24ClN5O/c1-14-12-21-23(13-14)8-7-20-17(19-2)22(3)9-10-24-16-6-4-5-15(18)11-16/h4-6,11-13H,7-10H2,1-3H3,(H,19,20). The number of hydrogen-bond donors (Lipinski definition) is 1. The summed E-state index contributed by atoms with van der Waals surface area (Å²) in [4.78, 5) is 6.32. The highest BCUT2D eigenvalue weighted by atomic mass is 35.5. The van der Waals surface area contributed by atoms with Crippen LogP contribution in [-0.4, -0.2) is 54.4 Å². The fourth-order valence-corrected chi connectivity index (χ4v) is 2.40. The molecule has 6 nitrogen and oxygen atoms in total. The van der Waals surface area contributed by atoms with E-state index in [1.807, 2.05) is 54.1 Å². The van der Waals surface area contributed by atoms with Crippen molar-refractivity contribution in [2.24, 2.45) is 4.99 Å². The molecule has 0 fully saturated rings. The normalized spacial score (nSPS) is 11.4. The maximum absolute atomic E-state index is 5.94. The Hall–Kier alpha value is -2.21. The Morgan fingerprint density at radius 2 is 2.29 bits per heavy atom. The Morgan fingerprint density at radius 1 is 1.46 bits per heavy atom. The molecule has 0 bridgehead atoms. The summed E-state index contributed by atoms with van der Waals surface area (Å²) in [7, 11) is 3.75. The van der Waals surface area contributed by atoms with Gasteiger partial charge in [0.2, 0.25) is 0 Å². The van der Waals surface area contributed by atoms with Crippen molar-refractivity contribution in [2.75, 3.05) is 33.8 Å². The Kier molecular flexibility index (Phi) is 6.93. The first-order valence-electron chi connectivity index (χ1n) is 7.87. The van der Waals surface area contributed by atoms with Gasteiger partial charge in [0.15, 0.2) is 5.96 Å². The number of halogens is 1. The fraction of sp³-hybridized carbons (Fsp3) is 0.412. The number of aliphatic imine (C=N–C) groups is 1. The van der Waals surface area contributed by atoms with E-state index < -0.39 is 0 Å². The van der Waals surface area contributed by atoms with Gasteiger partial charge >= 0.3 is 0 Å². The van der Waals surface area contributed by atoms with Crippen LogP contribution in [-0.2, 0) is 6.54 Å². The molecular formula is C17H24ClN5O. The summed E-state index contributed by atoms with van der Waals surface area (Å²) in [5, 5.41) is 8.26. The summed E-state index contributed by atoms with van der Waals surface area (Å²) in [5.41, 5.74) is 1.16. The Balaban J connectivity index is 1.71. The second-order valence-electron chi connectivity index (χ2n) is 5.48. The van der Waals surface area contributed by atoms with Crippen molar-refractivity contribution in [3.63, 3.8) is 0 Å². The summed E-state index contributed by atoms with van der Waals surface area (Å²) in [6.45, 7) is 4.85. The molecule has 7 heteroatoms. The molecule has 1 N–H and O–H groups in total. The largest absolute Gasteiger partial charge is 0.492 e. The molecule has 0 aliphatic heterocycles. The minimum atomic E-state index is 0.551. The maximum Gasteiger partial charge on any atom is 0.193 e. The molecule has 1 aromatic carbocycles. The van der Waals surface area contributed by atoms with Gasteiger partial charge in [-0.1, -0.05) is 17.7 Å². The molecule has 0 spiro atoms. The SMILES string of the molecule is CN=C(NCCn1cc(C)cn1)N(C)CCOc1cccc(Cl)c1. The van der Waals surface area contributed by atoms with Crippen molar-refractivity contribution >= 4 is 17.6 Å². The van der Waals surface area contributed by atoms with Gasteiger partial charge in [-0.3, -0.25) is 9.67 Å². The van der Waals surface area contributed by atoms with E-state index >= 15 is 0 Å². The van der Waals surface area contributed by atoms with Crippen LogP contribution in [0, 0.1) is 6.92 Å². The molecule has 2 aromatic rings. The van der Waals surface area contributed by atoms with E-state index in [0.717, 1.165) is 30.4 Å². The highest BCUT2D eigenvalue weighted by Crippen LogP contribution is 2.16. The third-order valence-electron chi connectivity index (χ3n) is 3.45. The first kappa shape index (κ1) is 18.1. The highest BCUT2D eigenvalue weighted by molar-refractivity contribution is 6.30. The van der Waals surface area contributed by atoms with Crippen LogP contribution in [0.25, 0.3) is 0 Å². The van der Waals surface area contributed by atoms with Crippen molar-refractivity contribution in [1.29, 1.82) is 0 Å². The van der Waals surface area contributed by atoms with E-state index in [2.05, 4.69) is 15.4 Å². The number of ether oxygens (including phenoxy) is 1. The van der Waals surface area contributed by atoms with Crippen LogP contribution >= 0.6 is 11.6 Å². The van der Waals surface area contributed by atoms with Crippen molar-refractivity contribution in [3.05, 3.63) is 47.2 Å². The Bertz CT molecular complexity index is 671. The second kappa shape index (κ2) is 9.17. The van der Waals surface area contributed by atoms with E-state index in [0.29, 0.717) is 18.2 Å². The number of aromatic nitrogens is 2. The molecule has 0 atom stereocenters. The zero-order chi connectivity index (χ0) is 17.4. The molecule has 0 saturated carbocycles. The van der Waals surface area contributed by atoms with Crippen LogP contribution in [0.2, 0.25) is 5.02 Å². The molecule has 0 radical (unpaired) electrons. The average molecular weight is 350 g/mol. The van der Waals surface area contributed by atoms with E-state index in [1.54, 1.807) is 13.1 Å². The first-order valence-corrected chi connectivity index (χ1v) is 8.25. The third kappa shape index (κ3) is 5.77. The van der Waals surface area contributed by atoms with Gasteiger partial charge in [-0.05, 0) is 30.7 Å². The lowest BCUT2D eigenvalue weighted by Crippen LogP contribution is -2.42. The number of aryl methyl sites for hydroxylation is 1. The van der Waals surface area contributed by atoms with Crippen LogP contribution in [0.3, 0.4) is 0 Å². The molecule has 0 unspecified atom stereocenters. The fourth-order valence-electron chi connectivity index (χ4n) is 2.22. The van der Waals surface area contributed by atoms with Gasteiger partial charge < -0.3 is 15.0 Å². The molecule has 1 aromatic heterocycles. The number of likely N-dealkylation sites (N-methyl/N-ethyl adjacent to an activating group) is 1. The second-order valence-corrected chi connectivity index (χ2v) is 5.92. The van der Waals surface area contributed by atoms with E-state index in [1.165, 1.54) is 0 Å². The molecule has 24 heavy (non-hydrogen) atoms. The number of nitrogens with one attached hydrogen (secondary N) is 1. The maximum atomic E-state index is 5.94. The first-order chi connectivity index (χ1) is 11.6. The molecule has 0 saturated heterocycles. The number of nitrogens with zero attached hydrogens (tertiary/aromatic N) is 4. The van der Waals surface area contributed by atoms with Gasteiger partial charge in [-0.15, -0.1) is 0 Å². The number of rotatable bonds is 7. The van der Waals surface area contributed by atoms with Gasteiger partial charge in [0, 0.05) is 31.9 Å². The highest BCUT2D eigenvalue weighted by Gasteiger charge is 2.06. The third-order valence-corrected chi connectivity index (χ3v) is 3.69. The van der Waals surface area contributed by atoms with E-state index in [9.17, 15) is 0 Å². The summed E-state index contributed by atoms with van der Waals surface area (Å²) < 4.78 is 7.62. The Morgan fingerprint density at radius 3 is 2.96 bits per heavy atom. The molecule has 2 rings (SSSR count). The monoisotopic (exact) mass is 349 g/mol. The summed E-state index contributed by atoms with van der Waals surface area (Å²) in [6.07, 6.45) is 3.88. The van der Waals surface area contributed by atoms with Crippen LogP contribution in [0.4, 0.5) is 0 Å². The quantitative estimate of drug-likeness (QED) is 0.616. The Labute approximate surface area is 148 Å². The zero-order valence-electron chi connectivity index (χ0n) is 14.4. The molecule has 130 valence electrons. The van der Waals surface area contributed by atoms with Crippen molar-refractivity contribution in [3.8, 4) is 5.75 Å². The average Bonchev–Trinajstić information content (AvgIpc) is 2.97. The van der Waals surface area contributed by atoms with Crippen LogP contribution in [0.5, 0.6) is 5.75 Å².